The molecule has 0 aromatic heterocycles. The van der Waals surface area contributed by atoms with Gasteiger partial charge in [0.05, 0.1) is 6.54 Å². The largest absolute Gasteiger partial charge is 0.403 e. The SMILES string of the molecule is C=[N+]=C(NCC)SCC. The molecule has 52 valence electrons. The Balaban J connectivity index is 3.57. The number of hydrogen-bond acceptors (Lipinski definition) is 1. The number of thioether (sulfide) groups is 1. The van der Waals surface area contributed by atoms with Crippen molar-refractivity contribution in [2.24, 2.45) is 0 Å². The maximum absolute atomic E-state index is 3.79. The van der Waals surface area contributed by atoms with E-state index in [0.29, 0.717) is 0 Å². The second kappa shape index (κ2) is 5.73. The third kappa shape index (κ3) is 4.13. The molecule has 0 aromatic carbocycles. The van der Waals surface area contributed by atoms with Crippen molar-refractivity contribution in [1.29, 1.82) is 0 Å². The van der Waals surface area contributed by atoms with Crippen molar-refractivity contribution in [3.05, 3.63) is 0 Å². The zero-order valence-electron chi connectivity index (χ0n) is 5.98. The second-order valence-corrected chi connectivity index (χ2v) is 2.68. The first-order valence-corrected chi connectivity index (χ1v) is 4.04. The predicted molar refractivity (Wildman–Crippen MR) is 46.1 cm³/mol. The summed E-state index contributed by atoms with van der Waals surface area (Å²) in [5.74, 6) is 1.04. The number of nitrogens with zero attached hydrogens (tertiary/aromatic N) is 1. The van der Waals surface area contributed by atoms with Crippen molar-refractivity contribution in [2.75, 3.05) is 12.3 Å². The van der Waals surface area contributed by atoms with Crippen LogP contribution in [0.15, 0.2) is 0 Å². The molecular formula is C6H13N2S+. The lowest BCUT2D eigenvalue weighted by Gasteiger charge is -1.89. The van der Waals surface area contributed by atoms with E-state index in [2.05, 4.69) is 23.6 Å². The molecule has 0 bridgehead atoms. The lowest BCUT2D eigenvalue weighted by molar-refractivity contribution is 0.981. The summed E-state index contributed by atoms with van der Waals surface area (Å²) in [6.45, 7) is 8.48. The van der Waals surface area contributed by atoms with Crippen LogP contribution >= 0.6 is 11.8 Å². The van der Waals surface area contributed by atoms with Crippen LogP contribution in [0.25, 0.3) is 0 Å². The highest BCUT2D eigenvalue weighted by molar-refractivity contribution is 8.13. The van der Waals surface area contributed by atoms with Crippen LogP contribution < -0.4 is 9.98 Å². The van der Waals surface area contributed by atoms with Crippen LogP contribution in [0.2, 0.25) is 0 Å². The Kier molecular flexibility index (Phi) is 5.48. The van der Waals surface area contributed by atoms with Gasteiger partial charge in [-0.15, -0.1) is 0 Å². The Morgan fingerprint density at radius 3 is 2.67 bits per heavy atom. The van der Waals surface area contributed by atoms with Crippen molar-refractivity contribution >= 4 is 23.6 Å². The first-order chi connectivity index (χ1) is 4.35. The molecule has 0 atom stereocenters. The Labute approximate surface area is 60.5 Å². The van der Waals surface area contributed by atoms with Crippen LogP contribution in [0.3, 0.4) is 0 Å². The summed E-state index contributed by atoms with van der Waals surface area (Å²) in [4.78, 5) is 0. The van der Waals surface area contributed by atoms with E-state index >= 15 is 0 Å². The van der Waals surface area contributed by atoms with Crippen LogP contribution in [0.1, 0.15) is 13.8 Å². The quantitative estimate of drug-likeness (QED) is 0.347. The minimum Gasteiger partial charge on any atom is -0.255 e. The summed E-state index contributed by atoms with van der Waals surface area (Å²) in [6.07, 6.45) is 0. The lowest BCUT2D eigenvalue weighted by Crippen LogP contribution is -2.21. The van der Waals surface area contributed by atoms with Gasteiger partial charge in [-0.2, -0.15) is 0 Å². The minimum absolute atomic E-state index is 0.918. The van der Waals surface area contributed by atoms with Gasteiger partial charge in [-0.25, -0.2) is 4.67 Å². The number of rotatable bonds is 2. The summed E-state index contributed by atoms with van der Waals surface area (Å²) in [6, 6.07) is 0. The average Bonchev–Trinajstić information content (AvgIpc) is 1.88. The van der Waals surface area contributed by atoms with Crippen LogP contribution in [0.4, 0.5) is 0 Å². The third-order valence-corrected chi connectivity index (χ3v) is 1.59. The molecule has 0 amide bonds. The first kappa shape index (κ1) is 8.60. The van der Waals surface area contributed by atoms with E-state index in [1.54, 1.807) is 11.8 Å². The zero-order chi connectivity index (χ0) is 7.11. The van der Waals surface area contributed by atoms with Gasteiger partial charge in [0.2, 0.25) is 0 Å². The molecule has 0 aromatic rings. The molecule has 2 nitrogen and oxygen atoms in total. The standard InChI is InChI=1S/C6H12N2S/c1-4-8-6(7-3)9-5-2/h3-5H2,1-2H3/p+1. The molecule has 0 spiro atoms. The molecule has 0 aliphatic rings. The second-order valence-electron chi connectivity index (χ2n) is 1.43. The fraction of sp³-hybridized carbons (Fsp3) is 0.667. The van der Waals surface area contributed by atoms with E-state index in [1.807, 2.05) is 6.92 Å². The maximum Gasteiger partial charge on any atom is 0.403 e. The van der Waals surface area contributed by atoms with Crippen LogP contribution in [0.5, 0.6) is 0 Å². The van der Waals surface area contributed by atoms with E-state index in [0.717, 1.165) is 17.5 Å². The van der Waals surface area contributed by atoms with E-state index < -0.39 is 0 Å². The summed E-state index contributed by atoms with van der Waals surface area (Å²) >= 11 is 1.68. The van der Waals surface area contributed by atoms with Crippen LogP contribution in [0, 0.1) is 0 Å². The van der Waals surface area contributed by atoms with Gasteiger partial charge in [0.1, 0.15) is 0 Å². The molecule has 0 radical (unpaired) electrons. The highest BCUT2D eigenvalue weighted by atomic mass is 32.2. The third-order valence-electron chi connectivity index (χ3n) is 0.753. The van der Waals surface area contributed by atoms with Gasteiger partial charge in [-0.05, 0) is 18.7 Å². The molecule has 0 aliphatic carbocycles. The minimum atomic E-state index is 0.918. The number of amidine groups is 1. The van der Waals surface area contributed by atoms with Crippen molar-refractivity contribution in [3.63, 3.8) is 0 Å². The van der Waals surface area contributed by atoms with E-state index in [9.17, 15) is 0 Å². The number of hydrogen-bond donors (Lipinski definition) is 1. The van der Waals surface area contributed by atoms with Crippen molar-refractivity contribution in [2.45, 2.75) is 13.8 Å². The Morgan fingerprint density at radius 2 is 2.33 bits per heavy atom. The van der Waals surface area contributed by atoms with Gasteiger partial charge >= 0.3 is 5.17 Å². The normalized spacial score (nSPS) is 8.22. The van der Waals surface area contributed by atoms with Gasteiger partial charge < -0.3 is 0 Å². The molecule has 1 N–H and O–H groups in total. The summed E-state index contributed by atoms with van der Waals surface area (Å²) < 4.78 is 3.79. The average molecular weight is 145 g/mol. The molecule has 0 unspecified atom stereocenters. The van der Waals surface area contributed by atoms with Crippen molar-refractivity contribution < 1.29 is 0 Å². The maximum atomic E-state index is 3.79. The van der Waals surface area contributed by atoms with E-state index in [4.69, 9.17) is 0 Å². The van der Waals surface area contributed by atoms with Gasteiger partial charge in [-0.1, -0.05) is 6.92 Å². The zero-order valence-corrected chi connectivity index (χ0v) is 6.79. The Bertz CT molecular complexity index is 108. The Hall–Kier alpha value is -0.400. The predicted octanol–water partition coefficient (Wildman–Crippen LogP) is 0.473. The molecule has 9 heavy (non-hydrogen) atoms. The topological polar surface area (TPSA) is 26.1 Å². The van der Waals surface area contributed by atoms with Crippen LogP contribution in [-0.4, -0.2) is 24.2 Å². The highest BCUT2D eigenvalue weighted by Gasteiger charge is 2.02. The van der Waals surface area contributed by atoms with E-state index in [1.165, 1.54) is 0 Å². The molecule has 0 rings (SSSR count). The Morgan fingerprint density at radius 1 is 1.67 bits per heavy atom. The molecule has 0 fully saturated rings. The molecular weight excluding hydrogens is 132 g/mol. The molecule has 0 aliphatic heterocycles. The van der Waals surface area contributed by atoms with Gasteiger partial charge in [-0.3, -0.25) is 5.32 Å². The lowest BCUT2D eigenvalue weighted by atomic mass is 10.8. The molecule has 0 heterocycles. The fourth-order valence-electron chi connectivity index (χ4n) is 0.441. The molecule has 3 heteroatoms. The van der Waals surface area contributed by atoms with E-state index in [-0.39, 0.29) is 0 Å². The van der Waals surface area contributed by atoms with Gasteiger partial charge in [0.15, 0.2) is 6.72 Å². The van der Waals surface area contributed by atoms with Crippen LogP contribution in [-0.2, 0) is 0 Å². The fourth-order valence-corrected chi connectivity index (χ4v) is 1.05. The number of nitrogens with one attached hydrogen (secondary N) is 1. The van der Waals surface area contributed by atoms with Crippen molar-refractivity contribution in [1.82, 2.24) is 9.98 Å². The van der Waals surface area contributed by atoms with Gasteiger partial charge in [0.25, 0.3) is 0 Å². The summed E-state index contributed by atoms with van der Waals surface area (Å²) in [5.41, 5.74) is 0. The summed E-state index contributed by atoms with van der Waals surface area (Å²) in [5, 5.41) is 4.01. The summed E-state index contributed by atoms with van der Waals surface area (Å²) in [7, 11) is 0. The smallest absolute Gasteiger partial charge is 0.255 e. The van der Waals surface area contributed by atoms with Crippen molar-refractivity contribution in [3.8, 4) is 0 Å². The van der Waals surface area contributed by atoms with Gasteiger partial charge in [0, 0.05) is 5.75 Å². The molecule has 0 saturated carbocycles. The molecule has 0 saturated heterocycles. The highest BCUT2D eigenvalue weighted by Crippen LogP contribution is 1.95. The monoisotopic (exact) mass is 145 g/mol. The first-order valence-electron chi connectivity index (χ1n) is 3.05.